The van der Waals surface area contributed by atoms with Gasteiger partial charge in [-0.1, -0.05) is 37.8 Å². The van der Waals surface area contributed by atoms with Gasteiger partial charge in [0.1, 0.15) is 5.82 Å². The van der Waals surface area contributed by atoms with Gasteiger partial charge in [-0.2, -0.15) is 0 Å². The fourth-order valence-corrected chi connectivity index (χ4v) is 3.08. The fraction of sp³-hybridized carbons (Fsp3) is 0.600. The summed E-state index contributed by atoms with van der Waals surface area (Å²) in [5, 5.41) is 13.8. The van der Waals surface area contributed by atoms with Gasteiger partial charge in [0.2, 0.25) is 0 Å². The van der Waals surface area contributed by atoms with Crippen LogP contribution in [0.2, 0.25) is 0 Å². The molecular formula is C15H21BrFNO. The monoisotopic (exact) mass is 329 g/mol. The number of aliphatic hydroxyl groups is 1. The first-order valence-electron chi connectivity index (χ1n) is 6.97. The maximum absolute atomic E-state index is 13.4. The summed E-state index contributed by atoms with van der Waals surface area (Å²) in [6.07, 6.45) is 6.37. The summed E-state index contributed by atoms with van der Waals surface area (Å²) >= 11 is 3.25. The van der Waals surface area contributed by atoms with Crippen molar-refractivity contribution in [2.24, 2.45) is 0 Å². The molecule has 0 aromatic heterocycles. The van der Waals surface area contributed by atoms with E-state index in [1.807, 2.05) is 6.07 Å². The summed E-state index contributed by atoms with van der Waals surface area (Å²) in [6.45, 7) is 1.15. The second-order valence-corrected chi connectivity index (χ2v) is 6.25. The summed E-state index contributed by atoms with van der Waals surface area (Å²) in [6, 6.07) is 5.03. The summed E-state index contributed by atoms with van der Waals surface area (Å²) in [5.41, 5.74) is 0.299. The van der Waals surface area contributed by atoms with Crippen LogP contribution in [-0.4, -0.2) is 17.3 Å². The number of benzene rings is 1. The van der Waals surface area contributed by atoms with Crippen LogP contribution in [-0.2, 0) is 6.54 Å². The number of hydrogen-bond donors (Lipinski definition) is 2. The molecule has 0 bridgehead atoms. The standard InChI is InChI=1S/C15H21BrFNO/c16-14-12(6-5-7-13(14)17)10-18-11-15(19)8-3-1-2-4-9-15/h5-7,18-19H,1-4,8-11H2. The van der Waals surface area contributed by atoms with Gasteiger partial charge in [-0.3, -0.25) is 0 Å². The normalized spacial score (nSPS) is 19.1. The van der Waals surface area contributed by atoms with E-state index in [0.717, 1.165) is 31.2 Å². The Morgan fingerprint density at radius 3 is 2.58 bits per heavy atom. The average molecular weight is 330 g/mol. The Morgan fingerprint density at radius 1 is 1.21 bits per heavy atom. The molecule has 0 spiro atoms. The largest absolute Gasteiger partial charge is 0.389 e. The Labute approximate surface area is 122 Å². The third kappa shape index (κ3) is 4.26. The van der Waals surface area contributed by atoms with Crippen molar-refractivity contribution in [1.82, 2.24) is 5.32 Å². The third-order valence-corrected chi connectivity index (χ3v) is 4.72. The first-order chi connectivity index (χ1) is 9.11. The van der Waals surface area contributed by atoms with Crippen molar-refractivity contribution in [2.45, 2.75) is 50.7 Å². The summed E-state index contributed by atoms with van der Waals surface area (Å²) < 4.78 is 13.9. The van der Waals surface area contributed by atoms with Crippen molar-refractivity contribution in [3.8, 4) is 0 Å². The van der Waals surface area contributed by atoms with E-state index in [2.05, 4.69) is 21.2 Å². The van der Waals surface area contributed by atoms with Gasteiger partial charge < -0.3 is 10.4 Å². The molecule has 0 radical (unpaired) electrons. The molecule has 19 heavy (non-hydrogen) atoms. The van der Waals surface area contributed by atoms with Gasteiger partial charge in [-0.25, -0.2) is 4.39 Å². The van der Waals surface area contributed by atoms with E-state index in [1.165, 1.54) is 18.9 Å². The first-order valence-corrected chi connectivity index (χ1v) is 7.76. The zero-order chi connectivity index (χ0) is 13.7. The van der Waals surface area contributed by atoms with Crippen LogP contribution in [0.4, 0.5) is 4.39 Å². The van der Waals surface area contributed by atoms with Crippen LogP contribution in [0.15, 0.2) is 22.7 Å². The molecule has 1 aromatic rings. The lowest BCUT2D eigenvalue weighted by Crippen LogP contribution is -2.39. The Bertz CT molecular complexity index is 417. The van der Waals surface area contributed by atoms with Crippen molar-refractivity contribution in [3.63, 3.8) is 0 Å². The van der Waals surface area contributed by atoms with Crippen LogP contribution >= 0.6 is 15.9 Å². The van der Waals surface area contributed by atoms with Crippen molar-refractivity contribution in [1.29, 1.82) is 0 Å². The number of hydrogen-bond acceptors (Lipinski definition) is 2. The lowest BCUT2D eigenvalue weighted by atomic mass is 9.94. The van der Waals surface area contributed by atoms with Crippen molar-refractivity contribution >= 4 is 15.9 Å². The van der Waals surface area contributed by atoms with Crippen LogP contribution in [0.3, 0.4) is 0 Å². The Morgan fingerprint density at radius 2 is 1.89 bits per heavy atom. The lowest BCUT2D eigenvalue weighted by molar-refractivity contribution is 0.0250. The SMILES string of the molecule is OC1(CNCc2cccc(F)c2Br)CCCCCC1. The molecule has 1 aliphatic carbocycles. The smallest absolute Gasteiger partial charge is 0.137 e. The summed E-state index contributed by atoms with van der Waals surface area (Å²) in [7, 11) is 0. The van der Waals surface area contributed by atoms with Gasteiger partial charge in [0.25, 0.3) is 0 Å². The highest BCUT2D eigenvalue weighted by atomic mass is 79.9. The van der Waals surface area contributed by atoms with Gasteiger partial charge in [-0.05, 0) is 40.4 Å². The highest BCUT2D eigenvalue weighted by molar-refractivity contribution is 9.10. The van der Waals surface area contributed by atoms with E-state index in [9.17, 15) is 9.50 Å². The predicted molar refractivity (Wildman–Crippen MR) is 78.5 cm³/mol. The molecule has 2 nitrogen and oxygen atoms in total. The van der Waals surface area contributed by atoms with Gasteiger partial charge in [0.05, 0.1) is 10.1 Å². The fourth-order valence-electron chi connectivity index (χ4n) is 2.68. The van der Waals surface area contributed by atoms with E-state index >= 15 is 0 Å². The van der Waals surface area contributed by atoms with E-state index in [4.69, 9.17) is 0 Å². The topological polar surface area (TPSA) is 32.3 Å². The molecule has 4 heteroatoms. The molecule has 1 fully saturated rings. The average Bonchev–Trinajstić information content (AvgIpc) is 2.60. The molecular weight excluding hydrogens is 309 g/mol. The molecule has 2 rings (SSSR count). The second kappa shape index (κ2) is 6.82. The third-order valence-electron chi connectivity index (χ3n) is 3.84. The second-order valence-electron chi connectivity index (χ2n) is 5.46. The molecule has 1 saturated carbocycles. The van der Waals surface area contributed by atoms with E-state index in [-0.39, 0.29) is 5.82 Å². The summed E-state index contributed by atoms with van der Waals surface area (Å²) in [4.78, 5) is 0. The van der Waals surface area contributed by atoms with Gasteiger partial charge >= 0.3 is 0 Å². The minimum atomic E-state index is -0.587. The maximum Gasteiger partial charge on any atom is 0.137 e. The Kier molecular flexibility index (Phi) is 5.37. The maximum atomic E-state index is 13.4. The quantitative estimate of drug-likeness (QED) is 0.824. The van der Waals surface area contributed by atoms with E-state index in [0.29, 0.717) is 17.6 Å². The molecule has 106 valence electrons. The zero-order valence-electron chi connectivity index (χ0n) is 11.1. The number of nitrogens with one attached hydrogen (secondary N) is 1. The van der Waals surface area contributed by atoms with Crippen molar-refractivity contribution < 1.29 is 9.50 Å². The predicted octanol–water partition coefficient (Wildman–Crippen LogP) is 3.76. The van der Waals surface area contributed by atoms with Crippen LogP contribution in [0.5, 0.6) is 0 Å². The molecule has 0 saturated heterocycles. The molecule has 0 heterocycles. The highest BCUT2D eigenvalue weighted by Gasteiger charge is 2.27. The van der Waals surface area contributed by atoms with Crippen LogP contribution in [0.25, 0.3) is 0 Å². The Balaban J connectivity index is 1.87. The Hall–Kier alpha value is -0.450. The minimum Gasteiger partial charge on any atom is -0.389 e. The van der Waals surface area contributed by atoms with Crippen molar-refractivity contribution in [2.75, 3.05) is 6.54 Å². The minimum absolute atomic E-state index is 0.243. The van der Waals surface area contributed by atoms with Crippen molar-refractivity contribution in [3.05, 3.63) is 34.1 Å². The number of halogens is 2. The summed E-state index contributed by atoms with van der Waals surface area (Å²) in [5.74, 6) is -0.243. The molecule has 0 unspecified atom stereocenters. The molecule has 2 N–H and O–H groups in total. The molecule has 0 aliphatic heterocycles. The highest BCUT2D eigenvalue weighted by Crippen LogP contribution is 2.26. The first kappa shape index (κ1) is 14.9. The van der Waals surface area contributed by atoms with E-state index < -0.39 is 5.60 Å². The van der Waals surface area contributed by atoms with Crippen LogP contribution < -0.4 is 5.32 Å². The molecule has 0 amide bonds. The van der Waals surface area contributed by atoms with Gasteiger partial charge in [0, 0.05) is 13.1 Å². The molecule has 1 aromatic carbocycles. The van der Waals surface area contributed by atoms with Crippen LogP contribution in [0, 0.1) is 5.82 Å². The van der Waals surface area contributed by atoms with Gasteiger partial charge in [-0.15, -0.1) is 0 Å². The van der Waals surface area contributed by atoms with E-state index in [1.54, 1.807) is 6.07 Å². The van der Waals surface area contributed by atoms with Crippen LogP contribution in [0.1, 0.15) is 44.1 Å². The zero-order valence-corrected chi connectivity index (χ0v) is 12.7. The molecule has 1 aliphatic rings. The molecule has 0 atom stereocenters. The lowest BCUT2D eigenvalue weighted by Gasteiger charge is -2.27. The van der Waals surface area contributed by atoms with Gasteiger partial charge in [0.15, 0.2) is 0 Å². The number of rotatable bonds is 4.